The molecule has 0 saturated carbocycles. The summed E-state index contributed by atoms with van der Waals surface area (Å²) in [4.78, 5) is -0.295. The van der Waals surface area contributed by atoms with E-state index in [-0.39, 0.29) is 9.92 Å². The highest BCUT2D eigenvalue weighted by atomic mass is 79.9. The summed E-state index contributed by atoms with van der Waals surface area (Å²) in [5.41, 5.74) is 1.60. The van der Waals surface area contributed by atoms with Gasteiger partial charge >= 0.3 is 0 Å². The Bertz CT molecular complexity index is 1320. The second kappa shape index (κ2) is 7.12. The van der Waals surface area contributed by atoms with Crippen LogP contribution in [0.3, 0.4) is 0 Å². The van der Waals surface area contributed by atoms with Crippen LogP contribution in [0.1, 0.15) is 0 Å². The third-order valence-corrected chi connectivity index (χ3v) is 7.02. The fourth-order valence-corrected chi connectivity index (χ4v) is 5.93. The van der Waals surface area contributed by atoms with Crippen LogP contribution in [0.25, 0.3) is 22.2 Å². The van der Waals surface area contributed by atoms with E-state index in [1.54, 1.807) is 24.3 Å². The Morgan fingerprint density at radius 2 is 1.64 bits per heavy atom. The molecule has 8 heteroatoms. The largest absolute Gasteiger partial charge is 0.505 e. The Labute approximate surface area is 180 Å². The number of phenols is 1. The van der Waals surface area contributed by atoms with E-state index < -0.39 is 15.8 Å². The quantitative estimate of drug-likeness (QED) is 0.361. The summed E-state index contributed by atoms with van der Waals surface area (Å²) in [7, 11) is -4.18. The molecule has 1 N–H and O–H groups in total. The summed E-state index contributed by atoms with van der Waals surface area (Å²) >= 11 is 15.4. The van der Waals surface area contributed by atoms with Crippen LogP contribution in [0, 0.1) is 0 Å². The van der Waals surface area contributed by atoms with Crippen LogP contribution in [0.15, 0.2) is 76.1 Å². The van der Waals surface area contributed by atoms with E-state index >= 15 is 0 Å². The Morgan fingerprint density at radius 1 is 0.929 bits per heavy atom. The molecule has 0 spiro atoms. The van der Waals surface area contributed by atoms with E-state index in [1.165, 1.54) is 16.1 Å². The molecule has 4 aromatic rings. The maximum Gasteiger partial charge on any atom is 0.272 e. The molecule has 0 amide bonds. The molecule has 142 valence electrons. The molecule has 0 aliphatic carbocycles. The molecule has 0 aliphatic rings. The van der Waals surface area contributed by atoms with Crippen molar-refractivity contribution < 1.29 is 13.5 Å². The van der Waals surface area contributed by atoms with Crippen LogP contribution in [-0.2, 0) is 10.0 Å². The Balaban J connectivity index is 2.11. The van der Waals surface area contributed by atoms with Gasteiger partial charge in [-0.3, -0.25) is 0 Å². The predicted molar refractivity (Wildman–Crippen MR) is 116 cm³/mol. The van der Waals surface area contributed by atoms with Crippen LogP contribution < -0.4 is 0 Å². The zero-order valence-corrected chi connectivity index (χ0v) is 18.0. The molecular formula is C20H12BrCl2NO3S. The molecule has 0 atom stereocenters. The van der Waals surface area contributed by atoms with Gasteiger partial charge in [0.15, 0.2) is 5.75 Å². The van der Waals surface area contributed by atoms with Crippen LogP contribution in [-0.4, -0.2) is 17.5 Å². The van der Waals surface area contributed by atoms with E-state index in [0.717, 1.165) is 0 Å². The molecule has 0 fully saturated rings. The highest BCUT2D eigenvalue weighted by molar-refractivity contribution is 9.10. The van der Waals surface area contributed by atoms with Crippen molar-refractivity contribution >= 4 is 60.1 Å². The van der Waals surface area contributed by atoms with E-state index in [2.05, 4.69) is 15.9 Å². The van der Waals surface area contributed by atoms with E-state index in [4.69, 9.17) is 23.2 Å². The number of fused-ring (bicyclic) bond motifs is 1. The Morgan fingerprint density at radius 3 is 2.36 bits per heavy atom. The van der Waals surface area contributed by atoms with Gasteiger partial charge in [-0.2, -0.15) is 0 Å². The molecule has 4 nitrogen and oxygen atoms in total. The lowest BCUT2D eigenvalue weighted by molar-refractivity contribution is 0.458. The van der Waals surface area contributed by atoms with Crippen molar-refractivity contribution in [2.45, 2.75) is 4.90 Å². The zero-order valence-electron chi connectivity index (χ0n) is 14.1. The molecule has 0 bridgehead atoms. The van der Waals surface area contributed by atoms with Crippen molar-refractivity contribution in [1.29, 1.82) is 0 Å². The number of benzene rings is 3. The molecular weight excluding hydrogens is 485 g/mol. The maximum atomic E-state index is 13.6. The second-order valence-corrected chi connectivity index (χ2v) is 9.62. The molecule has 0 unspecified atom stereocenters. The summed E-state index contributed by atoms with van der Waals surface area (Å²) in [6.45, 7) is 0. The highest BCUT2D eigenvalue weighted by Gasteiger charge is 2.28. The normalized spacial score (nSPS) is 11.8. The topological polar surface area (TPSA) is 59.3 Å². The van der Waals surface area contributed by atoms with Gasteiger partial charge < -0.3 is 5.11 Å². The van der Waals surface area contributed by atoms with Crippen LogP contribution in [0.4, 0.5) is 0 Å². The molecule has 28 heavy (non-hydrogen) atoms. The number of rotatable bonds is 3. The average molecular weight is 497 g/mol. The first-order valence-electron chi connectivity index (χ1n) is 8.09. The molecule has 0 saturated heterocycles. The van der Waals surface area contributed by atoms with Gasteiger partial charge in [0.25, 0.3) is 10.0 Å². The molecule has 1 heterocycles. The average Bonchev–Trinajstić information content (AvgIpc) is 3.04. The monoisotopic (exact) mass is 495 g/mol. The van der Waals surface area contributed by atoms with Gasteiger partial charge in [-0.25, -0.2) is 12.4 Å². The van der Waals surface area contributed by atoms with Gasteiger partial charge in [-0.15, -0.1) is 0 Å². The third-order valence-electron chi connectivity index (χ3n) is 4.30. The lowest BCUT2D eigenvalue weighted by Gasteiger charge is -2.14. The minimum absolute atomic E-state index is 0.0614. The number of hydrogen-bond donors (Lipinski definition) is 1. The molecule has 3 aromatic carbocycles. The van der Waals surface area contributed by atoms with Crippen LogP contribution >= 0.6 is 39.1 Å². The standard InChI is InChI=1S/C20H12BrCl2NO3S/c21-14-10-16(23)20(25)19(11-14)28(26,27)24-17-7-6-15(22)8-13(17)9-18(24)12-4-2-1-3-5-12/h1-11,25H. The summed E-state index contributed by atoms with van der Waals surface area (Å²) in [6, 6.07) is 18.6. The number of hydrogen-bond acceptors (Lipinski definition) is 3. The van der Waals surface area contributed by atoms with Gasteiger partial charge in [0.05, 0.1) is 16.2 Å². The fourth-order valence-electron chi connectivity index (χ4n) is 3.07. The lowest BCUT2D eigenvalue weighted by Crippen LogP contribution is -2.14. The summed E-state index contributed by atoms with van der Waals surface area (Å²) in [6.07, 6.45) is 0. The fraction of sp³-hybridized carbons (Fsp3) is 0. The van der Waals surface area contributed by atoms with Crippen molar-refractivity contribution in [2.24, 2.45) is 0 Å². The first-order chi connectivity index (χ1) is 13.3. The zero-order chi connectivity index (χ0) is 20.1. The van der Waals surface area contributed by atoms with Crippen molar-refractivity contribution in [1.82, 2.24) is 3.97 Å². The van der Waals surface area contributed by atoms with Crippen LogP contribution in [0.5, 0.6) is 5.75 Å². The first kappa shape index (κ1) is 19.3. The number of phenolic OH excluding ortho intramolecular Hbond substituents is 1. The maximum absolute atomic E-state index is 13.6. The van der Waals surface area contributed by atoms with E-state index in [1.807, 2.05) is 30.3 Å². The minimum Gasteiger partial charge on any atom is -0.505 e. The number of aromatic nitrogens is 1. The molecule has 0 aliphatic heterocycles. The summed E-state index contributed by atoms with van der Waals surface area (Å²) < 4.78 is 28.8. The SMILES string of the molecule is O=S(=O)(c1cc(Br)cc(Cl)c1O)n1c(-c2ccccc2)cc2cc(Cl)ccc21. The Hall–Kier alpha value is -1.99. The Kier molecular flexibility index (Phi) is 4.91. The smallest absolute Gasteiger partial charge is 0.272 e. The van der Waals surface area contributed by atoms with Gasteiger partial charge in [0, 0.05) is 14.9 Å². The van der Waals surface area contributed by atoms with Gasteiger partial charge in [-0.05, 0) is 42.0 Å². The van der Waals surface area contributed by atoms with Gasteiger partial charge in [0.1, 0.15) is 4.90 Å². The van der Waals surface area contributed by atoms with E-state index in [0.29, 0.717) is 31.7 Å². The summed E-state index contributed by atoms with van der Waals surface area (Å²) in [5, 5.41) is 11.5. The molecule has 4 rings (SSSR count). The number of halogens is 3. The van der Waals surface area contributed by atoms with Gasteiger partial charge in [-0.1, -0.05) is 69.5 Å². The number of aromatic hydroxyl groups is 1. The number of nitrogens with zero attached hydrogens (tertiary/aromatic N) is 1. The molecule has 1 aromatic heterocycles. The van der Waals surface area contributed by atoms with E-state index in [9.17, 15) is 13.5 Å². The first-order valence-corrected chi connectivity index (χ1v) is 11.1. The highest BCUT2D eigenvalue weighted by Crippen LogP contribution is 2.39. The van der Waals surface area contributed by atoms with Crippen molar-refractivity contribution in [3.8, 4) is 17.0 Å². The lowest BCUT2D eigenvalue weighted by atomic mass is 10.1. The van der Waals surface area contributed by atoms with Crippen molar-refractivity contribution in [2.75, 3.05) is 0 Å². The van der Waals surface area contributed by atoms with Crippen molar-refractivity contribution in [3.05, 3.63) is 81.2 Å². The predicted octanol–water partition coefficient (Wildman–Crippen LogP) is 6.32. The van der Waals surface area contributed by atoms with Crippen LogP contribution in [0.2, 0.25) is 10.0 Å². The minimum atomic E-state index is -4.18. The second-order valence-electron chi connectivity index (χ2n) is 6.10. The van der Waals surface area contributed by atoms with Crippen molar-refractivity contribution in [3.63, 3.8) is 0 Å². The third kappa shape index (κ3) is 3.20. The molecule has 0 radical (unpaired) electrons. The van der Waals surface area contributed by atoms with Gasteiger partial charge in [0.2, 0.25) is 0 Å². The summed E-state index contributed by atoms with van der Waals surface area (Å²) in [5.74, 6) is -0.500.